The van der Waals surface area contributed by atoms with E-state index in [1.165, 1.54) is 16.6 Å². The lowest BCUT2D eigenvalue weighted by Gasteiger charge is -1.85. The van der Waals surface area contributed by atoms with Gasteiger partial charge in [-0.15, -0.1) is 0 Å². The topological polar surface area (TPSA) is 29.9 Å². The molecule has 11 heavy (non-hydrogen) atoms. The molecular formula is C9H11N2+. The minimum Gasteiger partial charge on any atom is -0.241 e. The number of fused-ring (bicyclic) bond motifs is 1. The van der Waals surface area contributed by atoms with E-state index in [0.29, 0.717) is 0 Å². The fourth-order valence-corrected chi connectivity index (χ4v) is 1.31. The van der Waals surface area contributed by atoms with Gasteiger partial charge in [-0.3, -0.25) is 0 Å². The van der Waals surface area contributed by atoms with Gasteiger partial charge in [0.05, 0.1) is 0 Å². The Hall–Kier alpha value is -1.31. The third kappa shape index (κ3) is 1.00. The van der Waals surface area contributed by atoms with E-state index in [-0.39, 0.29) is 0 Å². The van der Waals surface area contributed by atoms with Crippen LogP contribution in [0.1, 0.15) is 11.4 Å². The summed E-state index contributed by atoms with van der Waals surface area (Å²) < 4.78 is 0. The van der Waals surface area contributed by atoms with E-state index in [1.807, 2.05) is 6.92 Å². The minimum atomic E-state index is 1.10. The van der Waals surface area contributed by atoms with Gasteiger partial charge in [-0.25, -0.2) is 9.97 Å². The van der Waals surface area contributed by atoms with Crippen molar-refractivity contribution in [3.05, 3.63) is 29.6 Å². The molecule has 56 valence electrons. The Morgan fingerprint density at radius 2 is 2.09 bits per heavy atom. The van der Waals surface area contributed by atoms with Gasteiger partial charge in [0.2, 0.25) is 5.82 Å². The maximum absolute atomic E-state index is 3.24. The predicted octanol–water partition coefficient (Wildman–Crippen LogP) is 1.60. The molecule has 2 heteroatoms. The summed E-state index contributed by atoms with van der Waals surface area (Å²) in [7, 11) is 0. The number of benzene rings is 1. The van der Waals surface area contributed by atoms with E-state index in [0.717, 1.165) is 5.82 Å². The first-order chi connectivity index (χ1) is 5.25. The van der Waals surface area contributed by atoms with E-state index < -0.39 is 0 Å². The Balaban J connectivity index is 2.82. The number of aryl methyl sites for hydroxylation is 2. The first kappa shape index (κ1) is 6.40. The molecule has 0 bridgehead atoms. The molecule has 0 unspecified atom stereocenters. The molecule has 0 atom stereocenters. The summed E-state index contributed by atoms with van der Waals surface area (Å²) in [6.07, 6.45) is 0. The van der Waals surface area contributed by atoms with Crippen LogP contribution in [0.2, 0.25) is 0 Å². The van der Waals surface area contributed by atoms with Crippen LogP contribution in [0.15, 0.2) is 18.2 Å². The molecule has 0 aliphatic carbocycles. The molecule has 2 nitrogen and oxygen atoms in total. The standard InChI is InChI=1S/C9H10N2/c1-6-3-4-8-9(5-6)11-7(2)10-8/h3-5H,1-2H3,(H,10,11)/p+1. The van der Waals surface area contributed by atoms with Gasteiger partial charge in [-0.05, 0) is 24.6 Å². The molecule has 2 N–H and O–H groups in total. The lowest BCUT2D eigenvalue weighted by molar-refractivity contribution is -0.354. The van der Waals surface area contributed by atoms with E-state index in [1.54, 1.807) is 0 Å². The van der Waals surface area contributed by atoms with Crippen LogP contribution in [0.25, 0.3) is 11.0 Å². The van der Waals surface area contributed by atoms with Crippen LogP contribution in [0.5, 0.6) is 0 Å². The second-order valence-electron chi connectivity index (χ2n) is 2.92. The highest BCUT2D eigenvalue weighted by molar-refractivity contribution is 5.71. The maximum atomic E-state index is 3.24. The summed E-state index contributed by atoms with van der Waals surface area (Å²) in [5.74, 6) is 1.10. The van der Waals surface area contributed by atoms with Crippen LogP contribution in [0.4, 0.5) is 0 Å². The average Bonchev–Trinajstić information content (AvgIpc) is 2.27. The first-order valence-electron chi connectivity index (χ1n) is 3.74. The van der Waals surface area contributed by atoms with Gasteiger partial charge in [-0.2, -0.15) is 0 Å². The normalized spacial score (nSPS) is 10.7. The predicted molar refractivity (Wildman–Crippen MR) is 44.3 cm³/mol. The van der Waals surface area contributed by atoms with Crippen LogP contribution in [-0.2, 0) is 0 Å². The minimum absolute atomic E-state index is 1.10. The van der Waals surface area contributed by atoms with Crippen molar-refractivity contribution in [1.82, 2.24) is 4.98 Å². The monoisotopic (exact) mass is 147 g/mol. The molecular weight excluding hydrogens is 136 g/mol. The average molecular weight is 147 g/mol. The quantitative estimate of drug-likeness (QED) is 0.586. The number of rotatable bonds is 0. The molecule has 2 rings (SSSR count). The number of hydrogen-bond donors (Lipinski definition) is 1. The van der Waals surface area contributed by atoms with Crippen molar-refractivity contribution < 1.29 is 4.98 Å². The Morgan fingerprint density at radius 1 is 1.27 bits per heavy atom. The highest BCUT2D eigenvalue weighted by atomic mass is 14.9. The van der Waals surface area contributed by atoms with Crippen molar-refractivity contribution in [2.75, 3.05) is 0 Å². The van der Waals surface area contributed by atoms with Gasteiger partial charge < -0.3 is 0 Å². The number of nitrogens with one attached hydrogen (secondary N) is 2. The molecule has 1 aromatic carbocycles. The summed E-state index contributed by atoms with van der Waals surface area (Å²) in [5, 5.41) is 0. The molecule has 1 heterocycles. The SMILES string of the molecule is Cc1ccc2[nH+]c(C)[nH]c2c1. The first-order valence-corrected chi connectivity index (χ1v) is 3.74. The largest absolute Gasteiger partial charge is 0.249 e. The van der Waals surface area contributed by atoms with Gasteiger partial charge >= 0.3 is 0 Å². The van der Waals surface area contributed by atoms with Crippen LogP contribution in [-0.4, -0.2) is 4.98 Å². The summed E-state index contributed by atoms with van der Waals surface area (Å²) in [6.45, 7) is 4.12. The molecule has 0 saturated carbocycles. The molecule has 0 saturated heterocycles. The zero-order valence-electron chi connectivity index (χ0n) is 6.73. The lowest BCUT2D eigenvalue weighted by Crippen LogP contribution is -2.00. The maximum Gasteiger partial charge on any atom is 0.249 e. The van der Waals surface area contributed by atoms with Gasteiger partial charge in [0, 0.05) is 6.92 Å². The molecule has 0 aliphatic heterocycles. The van der Waals surface area contributed by atoms with Crippen LogP contribution >= 0.6 is 0 Å². The van der Waals surface area contributed by atoms with Crippen molar-refractivity contribution in [2.45, 2.75) is 13.8 Å². The molecule has 1 aromatic heterocycles. The number of H-pyrrole nitrogens is 2. The van der Waals surface area contributed by atoms with Crippen LogP contribution in [0, 0.1) is 13.8 Å². The molecule has 0 radical (unpaired) electrons. The Bertz CT molecular complexity index is 387. The fourth-order valence-electron chi connectivity index (χ4n) is 1.31. The van der Waals surface area contributed by atoms with Crippen molar-refractivity contribution in [1.29, 1.82) is 0 Å². The van der Waals surface area contributed by atoms with E-state index in [4.69, 9.17) is 0 Å². The van der Waals surface area contributed by atoms with Crippen molar-refractivity contribution in [3.8, 4) is 0 Å². The third-order valence-corrected chi connectivity index (χ3v) is 1.82. The molecule has 0 amide bonds. The van der Waals surface area contributed by atoms with E-state index in [9.17, 15) is 0 Å². The van der Waals surface area contributed by atoms with Crippen molar-refractivity contribution in [3.63, 3.8) is 0 Å². The Kier molecular flexibility index (Phi) is 1.22. The molecule has 2 aromatic rings. The summed E-state index contributed by atoms with van der Waals surface area (Å²) in [5.41, 5.74) is 3.64. The van der Waals surface area contributed by atoms with Gasteiger partial charge in [-0.1, -0.05) is 6.07 Å². The third-order valence-electron chi connectivity index (χ3n) is 1.82. The second-order valence-corrected chi connectivity index (χ2v) is 2.92. The van der Waals surface area contributed by atoms with Gasteiger partial charge in [0.25, 0.3) is 0 Å². The number of aromatic amines is 2. The fraction of sp³-hybridized carbons (Fsp3) is 0.222. The second kappa shape index (κ2) is 2.09. The van der Waals surface area contributed by atoms with E-state index in [2.05, 4.69) is 35.1 Å². The number of imidazole rings is 1. The zero-order chi connectivity index (χ0) is 7.84. The zero-order valence-corrected chi connectivity index (χ0v) is 6.73. The van der Waals surface area contributed by atoms with E-state index >= 15 is 0 Å². The van der Waals surface area contributed by atoms with Crippen molar-refractivity contribution in [2.24, 2.45) is 0 Å². The van der Waals surface area contributed by atoms with Crippen LogP contribution < -0.4 is 4.98 Å². The molecule has 0 aliphatic rings. The summed E-state index contributed by atoms with van der Waals surface area (Å²) in [4.78, 5) is 6.47. The lowest BCUT2D eigenvalue weighted by atomic mass is 10.2. The van der Waals surface area contributed by atoms with Gasteiger partial charge in [0.15, 0.2) is 11.0 Å². The summed E-state index contributed by atoms with van der Waals surface area (Å²) >= 11 is 0. The number of hydrogen-bond acceptors (Lipinski definition) is 0. The highest BCUT2D eigenvalue weighted by Crippen LogP contribution is 2.08. The number of aromatic nitrogens is 2. The van der Waals surface area contributed by atoms with Crippen molar-refractivity contribution >= 4 is 11.0 Å². The summed E-state index contributed by atoms with van der Waals surface area (Å²) in [6, 6.07) is 6.33. The highest BCUT2D eigenvalue weighted by Gasteiger charge is 2.03. The Labute approximate surface area is 65.3 Å². The smallest absolute Gasteiger partial charge is 0.241 e. The molecule has 0 spiro atoms. The van der Waals surface area contributed by atoms with Gasteiger partial charge in [0.1, 0.15) is 0 Å². The van der Waals surface area contributed by atoms with Crippen LogP contribution in [0.3, 0.4) is 0 Å². The Morgan fingerprint density at radius 3 is 2.91 bits per heavy atom. The molecule has 0 fully saturated rings.